The smallest absolute Gasteiger partial charge is 0.418 e. The Morgan fingerprint density at radius 1 is 1.43 bits per heavy atom. The van der Waals surface area contributed by atoms with E-state index in [2.05, 4.69) is 15.9 Å². The zero-order valence-electron chi connectivity index (χ0n) is 11.3. The van der Waals surface area contributed by atoms with Gasteiger partial charge in [0, 0.05) is 16.7 Å². The molecule has 1 aliphatic heterocycles. The van der Waals surface area contributed by atoms with Gasteiger partial charge < -0.3 is 10.0 Å². The number of alkyl halides is 3. The molecule has 2 atom stereocenters. The van der Waals surface area contributed by atoms with E-state index in [-0.39, 0.29) is 11.6 Å². The lowest BCUT2D eigenvalue weighted by Gasteiger charge is -2.40. The quantitative estimate of drug-likeness (QED) is 0.855. The van der Waals surface area contributed by atoms with Gasteiger partial charge in [0.15, 0.2) is 0 Å². The SMILES string of the molecule is CC1CCCN(c2ccc(Br)cc2C(F)(F)F)C1C(=O)O. The molecule has 21 heavy (non-hydrogen) atoms. The maximum Gasteiger partial charge on any atom is 0.418 e. The number of carbonyl (C=O) groups is 1. The highest BCUT2D eigenvalue weighted by Crippen LogP contribution is 2.40. The van der Waals surface area contributed by atoms with Crippen molar-refractivity contribution in [3.63, 3.8) is 0 Å². The van der Waals surface area contributed by atoms with E-state index < -0.39 is 23.8 Å². The number of aliphatic carboxylic acids is 1. The van der Waals surface area contributed by atoms with Crippen LogP contribution in [0.25, 0.3) is 0 Å². The molecule has 1 aliphatic rings. The van der Waals surface area contributed by atoms with Crippen LogP contribution in [-0.4, -0.2) is 23.7 Å². The number of carboxylic acid groups (broad SMARTS) is 1. The maximum atomic E-state index is 13.2. The van der Waals surface area contributed by atoms with Crippen LogP contribution < -0.4 is 4.90 Å². The Kier molecular flexibility index (Phi) is 4.51. The molecule has 0 saturated carbocycles. The third kappa shape index (κ3) is 3.33. The van der Waals surface area contributed by atoms with Gasteiger partial charge in [0.1, 0.15) is 6.04 Å². The van der Waals surface area contributed by atoms with Gasteiger partial charge in [0.2, 0.25) is 0 Å². The molecule has 0 spiro atoms. The highest BCUT2D eigenvalue weighted by molar-refractivity contribution is 9.10. The summed E-state index contributed by atoms with van der Waals surface area (Å²) in [5, 5.41) is 9.36. The average molecular weight is 366 g/mol. The van der Waals surface area contributed by atoms with Crippen LogP contribution in [0.2, 0.25) is 0 Å². The summed E-state index contributed by atoms with van der Waals surface area (Å²) in [6.07, 6.45) is -3.15. The van der Waals surface area contributed by atoms with Gasteiger partial charge in [-0.2, -0.15) is 13.2 Å². The largest absolute Gasteiger partial charge is 0.480 e. The molecule has 0 bridgehead atoms. The van der Waals surface area contributed by atoms with E-state index >= 15 is 0 Å². The van der Waals surface area contributed by atoms with Crippen LogP contribution in [0.5, 0.6) is 0 Å². The fourth-order valence-corrected chi connectivity index (χ4v) is 3.18. The van der Waals surface area contributed by atoms with E-state index in [9.17, 15) is 23.1 Å². The van der Waals surface area contributed by atoms with Gasteiger partial charge in [-0.15, -0.1) is 0 Å². The lowest BCUT2D eigenvalue weighted by atomic mass is 9.90. The predicted molar refractivity (Wildman–Crippen MR) is 76.3 cm³/mol. The summed E-state index contributed by atoms with van der Waals surface area (Å²) in [6.45, 7) is 2.07. The van der Waals surface area contributed by atoms with Crippen molar-refractivity contribution in [2.75, 3.05) is 11.4 Å². The number of nitrogens with zero attached hydrogens (tertiary/aromatic N) is 1. The summed E-state index contributed by atoms with van der Waals surface area (Å²) >= 11 is 3.03. The third-order valence-corrected chi connectivity index (χ3v) is 4.25. The summed E-state index contributed by atoms with van der Waals surface area (Å²) in [5.74, 6) is -1.28. The van der Waals surface area contributed by atoms with Crippen LogP contribution in [0.15, 0.2) is 22.7 Å². The molecule has 2 rings (SSSR count). The van der Waals surface area contributed by atoms with Crippen LogP contribution in [0.4, 0.5) is 18.9 Å². The Labute approximate surface area is 128 Å². The van der Waals surface area contributed by atoms with Crippen LogP contribution >= 0.6 is 15.9 Å². The molecule has 0 aromatic heterocycles. The third-order valence-electron chi connectivity index (χ3n) is 3.76. The second-order valence-electron chi connectivity index (χ2n) is 5.26. The molecular formula is C14H15BrF3NO2. The van der Waals surface area contributed by atoms with E-state index in [0.29, 0.717) is 23.9 Å². The standard InChI is InChI=1S/C14H15BrF3NO2/c1-8-3-2-6-19(12(8)13(20)21)11-5-4-9(15)7-10(11)14(16,17)18/h4-5,7-8,12H,2-3,6H2,1H3,(H,20,21). The fraction of sp³-hybridized carbons (Fsp3) is 0.500. The summed E-state index contributed by atoms with van der Waals surface area (Å²) in [7, 11) is 0. The Morgan fingerprint density at radius 2 is 2.10 bits per heavy atom. The number of rotatable bonds is 2. The van der Waals surface area contributed by atoms with E-state index in [4.69, 9.17) is 0 Å². The molecule has 0 aliphatic carbocycles. The zero-order chi connectivity index (χ0) is 15.8. The first-order valence-electron chi connectivity index (χ1n) is 6.58. The molecule has 1 aromatic carbocycles. The topological polar surface area (TPSA) is 40.5 Å². The molecule has 1 N–H and O–H groups in total. The van der Waals surface area contributed by atoms with Crippen molar-refractivity contribution in [3.05, 3.63) is 28.2 Å². The molecule has 1 fully saturated rings. The van der Waals surface area contributed by atoms with Crippen molar-refractivity contribution in [2.24, 2.45) is 5.92 Å². The van der Waals surface area contributed by atoms with Crippen molar-refractivity contribution >= 4 is 27.6 Å². The summed E-state index contributed by atoms with van der Waals surface area (Å²) in [6, 6.07) is 2.90. The number of hydrogen-bond donors (Lipinski definition) is 1. The molecule has 1 heterocycles. The normalized spacial score (nSPS) is 23.2. The lowest BCUT2D eigenvalue weighted by Crippen LogP contribution is -2.50. The minimum Gasteiger partial charge on any atom is -0.480 e. The fourth-order valence-electron chi connectivity index (χ4n) is 2.82. The maximum absolute atomic E-state index is 13.2. The van der Waals surface area contributed by atoms with Gasteiger partial charge in [-0.25, -0.2) is 4.79 Å². The van der Waals surface area contributed by atoms with Gasteiger partial charge >= 0.3 is 12.1 Å². The predicted octanol–water partition coefficient (Wildman–Crippen LogP) is 4.16. The second kappa shape index (κ2) is 5.87. The summed E-state index contributed by atoms with van der Waals surface area (Å²) < 4.78 is 40.0. The van der Waals surface area contributed by atoms with E-state index in [1.54, 1.807) is 6.92 Å². The second-order valence-corrected chi connectivity index (χ2v) is 6.17. The zero-order valence-corrected chi connectivity index (χ0v) is 12.9. The minimum absolute atomic E-state index is 0.0651. The first-order valence-corrected chi connectivity index (χ1v) is 7.37. The average Bonchev–Trinajstić information content (AvgIpc) is 2.36. The molecule has 1 aromatic rings. The Balaban J connectivity index is 2.51. The number of hydrogen-bond acceptors (Lipinski definition) is 2. The van der Waals surface area contributed by atoms with Crippen molar-refractivity contribution < 1.29 is 23.1 Å². The van der Waals surface area contributed by atoms with Gasteiger partial charge in [0.05, 0.1) is 5.56 Å². The van der Waals surface area contributed by atoms with Gasteiger partial charge in [0.25, 0.3) is 0 Å². The monoisotopic (exact) mass is 365 g/mol. The number of benzene rings is 1. The van der Waals surface area contributed by atoms with Crippen LogP contribution in [0.1, 0.15) is 25.3 Å². The van der Waals surface area contributed by atoms with Crippen LogP contribution in [0, 0.1) is 5.92 Å². The molecule has 7 heteroatoms. The number of anilines is 1. The first kappa shape index (κ1) is 16.1. The van der Waals surface area contributed by atoms with Gasteiger partial charge in [-0.3, -0.25) is 0 Å². The van der Waals surface area contributed by atoms with Gasteiger partial charge in [-0.05, 0) is 37.0 Å². The molecule has 1 saturated heterocycles. The molecule has 116 valence electrons. The number of piperidine rings is 1. The summed E-state index contributed by atoms with van der Waals surface area (Å²) in [4.78, 5) is 12.8. The van der Waals surface area contributed by atoms with Crippen molar-refractivity contribution in [1.82, 2.24) is 0 Å². The van der Waals surface area contributed by atoms with Gasteiger partial charge in [-0.1, -0.05) is 22.9 Å². The lowest BCUT2D eigenvalue weighted by molar-refractivity contribution is -0.141. The highest BCUT2D eigenvalue weighted by Gasteiger charge is 2.40. The van der Waals surface area contributed by atoms with Crippen LogP contribution in [0.3, 0.4) is 0 Å². The Morgan fingerprint density at radius 3 is 2.67 bits per heavy atom. The van der Waals surface area contributed by atoms with Crippen molar-refractivity contribution in [2.45, 2.75) is 32.0 Å². The Hall–Kier alpha value is -1.24. The first-order chi connectivity index (χ1) is 9.71. The molecule has 0 amide bonds. The highest BCUT2D eigenvalue weighted by atomic mass is 79.9. The van der Waals surface area contributed by atoms with E-state index in [1.807, 2.05) is 0 Å². The van der Waals surface area contributed by atoms with E-state index in [0.717, 1.165) is 6.07 Å². The molecule has 2 unspecified atom stereocenters. The van der Waals surface area contributed by atoms with Crippen LogP contribution in [-0.2, 0) is 11.0 Å². The minimum atomic E-state index is -4.52. The van der Waals surface area contributed by atoms with Crippen molar-refractivity contribution in [3.8, 4) is 0 Å². The number of carboxylic acids is 1. The van der Waals surface area contributed by atoms with Crippen molar-refractivity contribution in [1.29, 1.82) is 0 Å². The summed E-state index contributed by atoms with van der Waals surface area (Å²) in [5.41, 5.74) is -0.873. The molecule has 3 nitrogen and oxygen atoms in total. The Bertz CT molecular complexity index is 548. The number of halogens is 4. The molecule has 0 radical (unpaired) electrons. The van der Waals surface area contributed by atoms with E-state index in [1.165, 1.54) is 17.0 Å². The molecular weight excluding hydrogens is 351 g/mol.